The van der Waals surface area contributed by atoms with Crippen molar-refractivity contribution in [2.45, 2.75) is 46.0 Å². The van der Waals surface area contributed by atoms with E-state index in [1.807, 2.05) is 0 Å². The molecule has 0 saturated carbocycles. The van der Waals surface area contributed by atoms with Gasteiger partial charge in [0.15, 0.2) is 0 Å². The fourth-order valence-electron chi connectivity index (χ4n) is 0.906. The van der Waals surface area contributed by atoms with E-state index in [2.05, 4.69) is 20.8 Å². The van der Waals surface area contributed by atoms with Crippen LogP contribution in [-0.2, 0) is 25.8 Å². The van der Waals surface area contributed by atoms with Gasteiger partial charge in [0, 0.05) is 25.8 Å². The van der Waals surface area contributed by atoms with E-state index in [4.69, 9.17) is 0 Å². The normalized spacial score (nSPS) is 7.38. The fourth-order valence-corrected chi connectivity index (χ4v) is 0.906. The maximum Gasteiger partial charge on any atom is 0 e. The predicted molar refractivity (Wildman–Crippen MR) is 54.1 cm³/mol. The van der Waals surface area contributed by atoms with Crippen LogP contribution in [0.2, 0.25) is 0 Å². The van der Waals surface area contributed by atoms with Gasteiger partial charge in [-0.25, -0.2) is 0 Å². The molecule has 0 aliphatic rings. The van der Waals surface area contributed by atoms with Gasteiger partial charge in [-0.2, -0.15) is 6.42 Å². The van der Waals surface area contributed by atoms with Crippen LogP contribution >= 0.6 is 0 Å². The minimum absolute atomic E-state index is 0. The van der Waals surface area contributed by atoms with E-state index in [-0.39, 0.29) is 42.3 Å². The second-order valence-electron chi connectivity index (χ2n) is 3.10. The summed E-state index contributed by atoms with van der Waals surface area (Å²) in [6, 6.07) is 0. The predicted octanol–water partition coefficient (Wildman–Crippen LogP) is 0.950. The summed E-state index contributed by atoms with van der Waals surface area (Å²) >= 11 is 0. The van der Waals surface area contributed by atoms with Gasteiger partial charge < -0.3 is 23.4 Å². The van der Waals surface area contributed by atoms with Gasteiger partial charge in [0.2, 0.25) is 0 Å². The van der Waals surface area contributed by atoms with Crippen LogP contribution in [0.3, 0.4) is 0 Å². The van der Waals surface area contributed by atoms with Gasteiger partial charge in [0.1, 0.15) is 0 Å². The first-order valence-corrected chi connectivity index (χ1v) is 4.06. The Hall–Kier alpha value is 0.750. The molecule has 0 fully saturated rings. The largest absolute Gasteiger partial charge is 0.412 e. The van der Waals surface area contributed by atoms with Crippen LogP contribution in [-0.4, -0.2) is 16.4 Å². The Balaban J connectivity index is -0.0000000533. The zero-order valence-electron chi connectivity index (χ0n) is 8.82. The average Bonchev–Trinajstić information content (AvgIpc) is 1.80. The molecule has 0 spiro atoms. The van der Waals surface area contributed by atoms with Gasteiger partial charge in [-0.15, -0.1) is 0 Å². The van der Waals surface area contributed by atoms with Gasteiger partial charge in [-0.05, 0) is 5.92 Å². The zero-order chi connectivity index (χ0) is 7.11. The van der Waals surface area contributed by atoms with Gasteiger partial charge in [0.25, 0.3) is 0 Å². The summed E-state index contributed by atoms with van der Waals surface area (Å²) in [6.45, 7) is 8.37. The molecule has 84 valence electrons. The number of hydrogen-bond acceptors (Lipinski definition) is 0. The van der Waals surface area contributed by atoms with Crippen LogP contribution in [0.1, 0.15) is 46.0 Å². The first-order chi connectivity index (χ1) is 4.27. The van der Waals surface area contributed by atoms with Gasteiger partial charge in [-0.3, -0.25) is 0 Å². The second-order valence-corrected chi connectivity index (χ2v) is 3.10. The van der Waals surface area contributed by atoms with Crippen LogP contribution in [0, 0.1) is 12.8 Å². The molecule has 0 saturated heterocycles. The van der Waals surface area contributed by atoms with E-state index in [1.165, 1.54) is 25.7 Å². The molecule has 0 aromatic heterocycles. The zero-order valence-corrected chi connectivity index (χ0v) is 12.4. The van der Waals surface area contributed by atoms with E-state index < -0.39 is 0 Å². The Morgan fingerprint density at radius 3 is 1.69 bits per heavy atom. The molecule has 3 nitrogen and oxygen atoms in total. The SMILES string of the molecule is O.O.O.[CH2-]CCCCCC(C)C.[Hf]. The van der Waals surface area contributed by atoms with E-state index in [0.29, 0.717) is 0 Å². The van der Waals surface area contributed by atoms with Gasteiger partial charge >= 0.3 is 0 Å². The number of rotatable bonds is 5. The molecule has 0 aromatic carbocycles. The van der Waals surface area contributed by atoms with Crippen molar-refractivity contribution in [3.05, 3.63) is 6.92 Å². The molecular formula is C9H25HfO3-. The molecule has 0 rings (SSSR count). The second kappa shape index (κ2) is 23.0. The monoisotopic (exact) mass is 361 g/mol. The Bertz CT molecular complexity index is 60.8. The van der Waals surface area contributed by atoms with E-state index in [9.17, 15) is 0 Å². The maximum atomic E-state index is 3.80. The van der Waals surface area contributed by atoms with Crippen LogP contribution in [0.15, 0.2) is 0 Å². The molecule has 4 heteroatoms. The molecule has 0 aromatic rings. The van der Waals surface area contributed by atoms with Crippen molar-refractivity contribution in [3.63, 3.8) is 0 Å². The van der Waals surface area contributed by atoms with Crippen LogP contribution < -0.4 is 0 Å². The van der Waals surface area contributed by atoms with E-state index in [0.717, 1.165) is 12.3 Å². The summed E-state index contributed by atoms with van der Waals surface area (Å²) in [7, 11) is 0. The summed E-state index contributed by atoms with van der Waals surface area (Å²) in [5.74, 6) is 0.884. The summed E-state index contributed by atoms with van der Waals surface area (Å²) in [4.78, 5) is 0. The summed E-state index contributed by atoms with van der Waals surface area (Å²) in [5, 5.41) is 0. The smallest absolute Gasteiger partial charge is 0 e. The summed E-state index contributed by atoms with van der Waals surface area (Å²) in [5.41, 5.74) is 0. The molecule has 0 aliphatic carbocycles. The first kappa shape index (κ1) is 29.2. The van der Waals surface area contributed by atoms with Crippen molar-refractivity contribution in [1.82, 2.24) is 0 Å². The molecule has 13 heavy (non-hydrogen) atoms. The van der Waals surface area contributed by atoms with E-state index in [1.54, 1.807) is 0 Å². The van der Waals surface area contributed by atoms with Crippen molar-refractivity contribution >= 4 is 0 Å². The van der Waals surface area contributed by atoms with Crippen molar-refractivity contribution in [2.75, 3.05) is 0 Å². The molecule has 0 atom stereocenters. The topological polar surface area (TPSA) is 94.5 Å². The van der Waals surface area contributed by atoms with Crippen LogP contribution in [0.25, 0.3) is 0 Å². The van der Waals surface area contributed by atoms with Crippen molar-refractivity contribution in [3.8, 4) is 0 Å². The van der Waals surface area contributed by atoms with Gasteiger partial charge in [-0.1, -0.05) is 39.5 Å². The van der Waals surface area contributed by atoms with Crippen LogP contribution in [0.4, 0.5) is 0 Å². The van der Waals surface area contributed by atoms with E-state index >= 15 is 0 Å². The fraction of sp³-hybridized carbons (Fsp3) is 0.889. The molecule has 0 radical (unpaired) electrons. The molecule has 0 bridgehead atoms. The summed E-state index contributed by atoms with van der Waals surface area (Å²) in [6.07, 6.45) is 6.58. The average molecular weight is 360 g/mol. The Labute approximate surface area is 101 Å². The van der Waals surface area contributed by atoms with Crippen molar-refractivity contribution < 1.29 is 42.3 Å². The third-order valence-corrected chi connectivity index (χ3v) is 1.53. The number of unbranched alkanes of at least 4 members (excludes halogenated alkanes) is 3. The Morgan fingerprint density at radius 1 is 0.923 bits per heavy atom. The summed E-state index contributed by atoms with van der Waals surface area (Å²) < 4.78 is 0. The molecule has 0 amide bonds. The molecular weight excluding hydrogens is 335 g/mol. The maximum absolute atomic E-state index is 3.80. The minimum atomic E-state index is 0. The third kappa shape index (κ3) is 32.3. The third-order valence-electron chi connectivity index (χ3n) is 1.53. The minimum Gasteiger partial charge on any atom is -0.412 e. The first-order valence-electron chi connectivity index (χ1n) is 4.06. The van der Waals surface area contributed by atoms with Crippen molar-refractivity contribution in [2.24, 2.45) is 5.92 Å². The van der Waals surface area contributed by atoms with Crippen LogP contribution in [0.5, 0.6) is 0 Å². The molecule has 0 unspecified atom stereocenters. The molecule has 0 aliphatic heterocycles. The van der Waals surface area contributed by atoms with Crippen molar-refractivity contribution in [1.29, 1.82) is 0 Å². The standard InChI is InChI=1S/C9H19.Hf.3H2O/c1-4-5-6-7-8-9(2)3;;;;/h9H,1,4-8H2,2-3H3;;3*1H2/q-1;;;;. The quantitative estimate of drug-likeness (QED) is 0.397. The molecule has 6 N–H and O–H groups in total. The molecule has 0 heterocycles. The van der Waals surface area contributed by atoms with Gasteiger partial charge in [0.05, 0.1) is 0 Å². The number of hydrogen-bond donors (Lipinski definition) is 0. The Morgan fingerprint density at radius 2 is 1.38 bits per heavy atom. The Kier molecular flexibility index (Phi) is 51.6.